The van der Waals surface area contributed by atoms with Gasteiger partial charge in [-0.15, -0.1) is 0 Å². The molecule has 0 bridgehead atoms. The van der Waals surface area contributed by atoms with Crippen molar-refractivity contribution in [3.63, 3.8) is 0 Å². The maximum Gasteiger partial charge on any atom is 0.251 e. The van der Waals surface area contributed by atoms with Crippen molar-refractivity contribution in [2.75, 3.05) is 25.0 Å². The van der Waals surface area contributed by atoms with E-state index in [4.69, 9.17) is 16.3 Å². The summed E-state index contributed by atoms with van der Waals surface area (Å²) in [5.41, 5.74) is 0. The first kappa shape index (κ1) is 13.3. The maximum absolute atomic E-state index is 11.7. The average Bonchev–Trinajstić information content (AvgIpc) is 2.40. The van der Waals surface area contributed by atoms with Crippen molar-refractivity contribution in [3.8, 4) is 0 Å². The minimum atomic E-state index is -0.228. The van der Waals surface area contributed by atoms with E-state index in [2.05, 4.69) is 15.6 Å². The third-order valence-electron chi connectivity index (χ3n) is 2.75. The van der Waals surface area contributed by atoms with Crippen LogP contribution in [0.25, 0.3) is 0 Å². The number of carbonyl (C=O) groups is 1. The molecule has 98 valence electrons. The van der Waals surface area contributed by atoms with Crippen LogP contribution in [-0.2, 0) is 9.53 Å². The van der Waals surface area contributed by atoms with Gasteiger partial charge in [-0.3, -0.25) is 4.79 Å². The van der Waals surface area contributed by atoms with Gasteiger partial charge in [0, 0.05) is 6.20 Å². The van der Waals surface area contributed by atoms with Gasteiger partial charge in [-0.1, -0.05) is 11.6 Å². The Bertz CT molecular complexity index is 408. The zero-order valence-electron chi connectivity index (χ0n) is 9.99. The van der Waals surface area contributed by atoms with E-state index in [1.54, 1.807) is 18.3 Å². The van der Waals surface area contributed by atoms with Crippen LogP contribution >= 0.6 is 11.6 Å². The fraction of sp³-hybridized carbons (Fsp3) is 0.500. The van der Waals surface area contributed by atoms with E-state index in [-0.39, 0.29) is 18.6 Å². The Hall–Kier alpha value is -1.17. The molecule has 1 aromatic heterocycles. The Morgan fingerprint density at radius 1 is 1.56 bits per heavy atom. The second-order valence-corrected chi connectivity index (χ2v) is 4.55. The van der Waals surface area contributed by atoms with Crippen LogP contribution in [0, 0.1) is 0 Å². The van der Waals surface area contributed by atoms with Crippen molar-refractivity contribution < 1.29 is 9.53 Å². The molecular formula is C12H16ClN3O2. The number of piperidine rings is 1. The average molecular weight is 270 g/mol. The Morgan fingerprint density at radius 2 is 2.33 bits per heavy atom. The van der Waals surface area contributed by atoms with Crippen LogP contribution in [0.4, 0.5) is 5.82 Å². The first-order valence-electron chi connectivity index (χ1n) is 5.98. The van der Waals surface area contributed by atoms with Crippen molar-refractivity contribution in [1.29, 1.82) is 0 Å². The minimum Gasteiger partial charge on any atom is -0.368 e. The number of halogens is 1. The molecule has 0 radical (unpaired) electrons. The predicted molar refractivity (Wildman–Crippen MR) is 69.7 cm³/mol. The van der Waals surface area contributed by atoms with Crippen molar-refractivity contribution in [2.45, 2.75) is 18.9 Å². The van der Waals surface area contributed by atoms with Crippen molar-refractivity contribution >= 4 is 23.3 Å². The molecule has 6 heteroatoms. The van der Waals surface area contributed by atoms with Crippen LogP contribution in [0.2, 0.25) is 5.02 Å². The number of rotatable bonds is 4. The lowest BCUT2D eigenvalue weighted by Crippen LogP contribution is -2.34. The van der Waals surface area contributed by atoms with Gasteiger partial charge in [0.2, 0.25) is 0 Å². The van der Waals surface area contributed by atoms with Gasteiger partial charge in [0.1, 0.15) is 6.61 Å². The molecule has 1 fully saturated rings. The summed E-state index contributed by atoms with van der Waals surface area (Å²) in [5.74, 6) is 0.146. The fourth-order valence-electron chi connectivity index (χ4n) is 1.80. The van der Waals surface area contributed by atoms with Crippen LogP contribution < -0.4 is 10.6 Å². The van der Waals surface area contributed by atoms with E-state index in [1.807, 2.05) is 0 Å². The van der Waals surface area contributed by atoms with Gasteiger partial charge in [0.15, 0.2) is 5.82 Å². The molecule has 1 aliphatic heterocycles. The molecule has 0 aliphatic carbocycles. The summed E-state index contributed by atoms with van der Waals surface area (Å²) in [6.45, 7) is 1.92. The Kier molecular flexibility index (Phi) is 4.92. The SMILES string of the molecule is O=C(COC1CCNCC1)Nc1ncccc1Cl. The Morgan fingerprint density at radius 3 is 3.06 bits per heavy atom. The molecule has 1 aromatic rings. The molecule has 0 aromatic carbocycles. The lowest BCUT2D eigenvalue weighted by atomic mass is 10.1. The number of hydrogen-bond donors (Lipinski definition) is 2. The lowest BCUT2D eigenvalue weighted by Gasteiger charge is -2.22. The highest BCUT2D eigenvalue weighted by atomic mass is 35.5. The highest BCUT2D eigenvalue weighted by Crippen LogP contribution is 2.17. The monoisotopic (exact) mass is 269 g/mol. The molecule has 2 heterocycles. The highest BCUT2D eigenvalue weighted by Gasteiger charge is 2.15. The Labute approximate surface area is 111 Å². The van der Waals surface area contributed by atoms with Crippen LogP contribution in [0.15, 0.2) is 18.3 Å². The molecule has 1 aliphatic rings. The van der Waals surface area contributed by atoms with Gasteiger partial charge in [-0.2, -0.15) is 0 Å². The number of amides is 1. The summed E-state index contributed by atoms with van der Waals surface area (Å²) >= 11 is 5.89. The van der Waals surface area contributed by atoms with E-state index in [1.165, 1.54) is 0 Å². The third-order valence-corrected chi connectivity index (χ3v) is 3.06. The van der Waals surface area contributed by atoms with E-state index >= 15 is 0 Å². The maximum atomic E-state index is 11.7. The predicted octanol–water partition coefficient (Wildman–Crippen LogP) is 1.44. The van der Waals surface area contributed by atoms with E-state index < -0.39 is 0 Å². The highest BCUT2D eigenvalue weighted by molar-refractivity contribution is 6.33. The number of carbonyl (C=O) groups excluding carboxylic acids is 1. The van der Waals surface area contributed by atoms with E-state index in [9.17, 15) is 4.79 Å². The molecule has 0 atom stereocenters. The normalized spacial score (nSPS) is 16.5. The molecular weight excluding hydrogens is 254 g/mol. The molecule has 2 N–H and O–H groups in total. The molecule has 1 saturated heterocycles. The first-order valence-corrected chi connectivity index (χ1v) is 6.36. The Balaban J connectivity index is 1.76. The van der Waals surface area contributed by atoms with Crippen LogP contribution in [-0.4, -0.2) is 36.7 Å². The first-order chi connectivity index (χ1) is 8.75. The largest absolute Gasteiger partial charge is 0.368 e. The number of hydrogen-bond acceptors (Lipinski definition) is 4. The number of aromatic nitrogens is 1. The van der Waals surface area contributed by atoms with Crippen LogP contribution in [0.5, 0.6) is 0 Å². The third kappa shape index (κ3) is 3.94. The second-order valence-electron chi connectivity index (χ2n) is 4.14. The molecule has 2 rings (SSSR count). The summed E-state index contributed by atoms with van der Waals surface area (Å²) in [7, 11) is 0. The van der Waals surface area contributed by atoms with Crippen molar-refractivity contribution in [2.24, 2.45) is 0 Å². The number of nitrogens with one attached hydrogen (secondary N) is 2. The summed E-state index contributed by atoms with van der Waals surface area (Å²) in [6.07, 6.45) is 3.63. The summed E-state index contributed by atoms with van der Waals surface area (Å²) in [4.78, 5) is 15.6. The van der Waals surface area contributed by atoms with Gasteiger partial charge in [0.25, 0.3) is 5.91 Å². The van der Waals surface area contributed by atoms with Crippen LogP contribution in [0.3, 0.4) is 0 Å². The number of anilines is 1. The fourth-order valence-corrected chi connectivity index (χ4v) is 1.97. The number of pyridine rings is 1. The minimum absolute atomic E-state index is 0.0393. The molecule has 5 nitrogen and oxygen atoms in total. The topological polar surface area (TPSA) is 63.2 Å². The summed E-state index contributed by atoms with van der Waals surface area (Å²) < 4.78 is 5.53. The zero-order valence-corrected chi connectivity index (χ0v) is 10.7. The van der Waals surface area contributed by atoms with Gasteiger partial charge in [-0.05, 0) is 38.1 Å². The van der Waals surface area contributed by atoms with Gasteiger partial charge in [-0.25, -0.2) is 4.98 Å². The van der Waals surface area contributed by atoms with E-state index in [0.717, 1.165) is 25.9 Å². The van der Waals surface area contributed by atoms with E-state index in [0.29, 0.717) is 10.8 Å². The molecule has 0 saturated carbocycles. The standard InChI is InChI=1S/C12H16ClN3O2/c13-10-2-1-5-15-12(10)16-11(17)8-18-9-3-6-14-7-4-9/h1-2,5,9,14H,3-4,6-8H2,(H,15,16,17). The summed E-state index contributed by atoms with van der Waals surface area (Å²) in [5, 5.41) is 6.29. The number of nitrogens with zero attached hydrogens (tertiary/aromatic N) is 1. The lowest BCUT2D eigenvalue weighted by molar-refractivity contribution is -0.123. The summed E-state index contributed by atoms with van der Waals surface area (Å²) in [6, 6.07) is 3.39. The van der Waals surface area contributed by atoms with Crippen LogP contribution in [0.1, 0.15) is 12.8 Å². The second kappa shape index (κ2) is 6.68. The molecule has 18 heavy (non-hydrogen) atoms. The molecule has 0 spiro atoms. The molecule has 0 unspecified atom stereocenters. The van der Waals surface area contributed by atoms with Gasteiger partial charge in [0.05, 0.1) is 11.1 Å². The zero-order chi connectivity index (χ0) is 12.8. The van der Waals surface area contributed by atoms with Gasteiger partial charge >= 0.3 is 0 Å². The molecule has 1 amide bonds. The van der Waals surface area contributed by atoms with Crippen molar-refractivity contribution in [3.05, 3.63) is 23.4 Å². The van der Waals surface area contributed by atoms with Crippen molar-refractivity contribution in [1.82, 2.24) is 10.3 Å². The van der Waals surface area contributed by atoms with Gasteiger partial charge < -0.3 is 15.4 Å². The number of ether oxygens (including phenoxy) is 1. The quantitative estimate of drug-likeness (QED) is 0.868. The smallest absolute Gasteiger partial charge is 0.251 e.